The minimum Gasteiger partial charge on any atom is -0.337 e. The number of Topliss-reactive ketones (excluding diaryl/α,β-unsaturated/α-hetero) is 1. The van der Waals surface area contributed by atoms with Gasteiger partial charge in [-0.2, -0.15) is 0 Å². The van der Waals surface area contributed by atoms with Crippen molar-refractivity contribution in [1.82, 2.24) is 14.7 Å². The van der Waals surface area contributed by atoms with Crippen LogP contribution in [0.4, 0.5) is 0 Å². The van der Waals surface area contributed by atoms with Crippen LogP contribution in [0.25, 0.3) is 0 Å². The highest BCUT2D eigenvalue weighted by Crippen LogP contribution is 2.24. The molecule has 0 spiro atoms. The summed E-state index contributed by atoms with van der Waals surface area (Å²) in [5.74, 6) is 0.0443. The van der Waals surface area contributed by atoms with Gasteiger partial charge in [0.15, 0.2) is 5.78 Å². The summed E-state index contributed by atoms with van der Waals surface area (Å²) in [7, 11) is 2.02. The highest BCUT2D eigenvalue weighted by Gasteiger charge is 2.31. The van der Waals surface area contributed by atoms with E-state index in [4.69, 9.17) is 0 Å². The molecule has 0 aromatic heterocycles. The summed E-state index contributed by atoms with van der Waals surface area (Å²) in [6, 6.07) is 0.0314. The van der Waals surface area contributed by atoms with Crippen LogP contribution in [-0.4, -0.2) is 65.7 Å². The summed E-state index contributed by atoms with van der Waals surface area (Å²) in [5, 5.41) is 0. The monoisotopic (exact) mass is 347 g/mol. The van der Waals surface area contributed by atoms with Gasteiger partial charge in [0.05, 0.1) is 12.2 Å². The maximum Gasteiger partial charge on any atom is 0.246 e. The van der Waals surface area contributed by atoms with Crippen LogP contribution >= 0.6 is 0 Å². The largest absolute Gasteiger partial charge is 0.337 e. The van der Waals surface area contributed by atoms with E-state index in [1.165, 1.54) is 0 Å². The Morgan fingerprint density at radius 1 is 1.36 bits per heavy atom. The van der Waals surface area contributed by atoms with Gasteiger partial charge in [-0.1, -0.05) is 39.0 Å². The van der Waals surface area contributed by atoms with E-state index < -0.39 is 0 Å². The molecule has 0 saturated carbocycles. The molecule has 1 aliphatic heterocycles. The topological polar surface area (TPSA) is 43.9 Å². The molecule has 0 radical (unpaired) electrons. The number of hydrogen-bond acceptors (Lipinski definition) is 4. The first-order valence-electron chi connectivity index (χ1n) is 9.13. The molecule has 1 fully saturated rings. The van der Waals surface area contributed by atoms with Gasteiger partial charge in [-0.05, 0) is 26.9 Å². The molecular formula is C20H33N3O2. The maximum absolute atomic E-state index is 12.4. The van der Waals surface area contributed by atoms with E-state index in [1.807, 2.05) is 31.0 Å². The van der Waals surface area contributed by atoms with Gasteiger partial charge in [-0.3, -0.25) is 9.59 Å². The summed E-state index contributed by atoms with van der Waals surface area (Å²) in [6.07, 6.45) is 7.38. The summed E-state index contributed by atoms with van der Waals surface area (Å²) in [6.45, 7) is 14.7. The zero-order valence-corrected chi connectivity index (χ0v) is 16.4. The molecule has 1 unspecified atom stereocenters. The van der Waals surface area contributed by atoms with E-state index in [0.717, 1.165) is 31.6 Å². The predicted octanol–water partition coefficient (Wildman–Crippen LogP) is 2.81. The van der Waals surface area contributed by atoms with Crippen LogP contribution < -0.4 is 0 Å². The fraction of sp³-hybridized carbons (Fsp3) is 0.600. The number of nitrogens with zero attached hydrogens (tertiary/aromatic N) is 3. The van der Waals surface area contributed by atoms with Crippen molar-refractivity contribution >= 4 is 11.7 Å². The zero-order valence-electron chi connectivity index (χ0n) is 16.4. The lowest BCUT2D eigenvalue weighted by Gasteiger charge is -2.43. The van der Waals surface area contributed by atoms with Gasteiger partial charge in [0.25, 0.3) is 0 Å². The molecule has 5 nitrogen and oxygen atoms in total. The first-order chi connectivity index (χ1) is 11.8. The predicted molar refractivity (Wildman–Crippen MR) is 103 cm³/mol. The minimum absolute atomic E-state index is 0.000865. The van der Waals surface area contributed by atoms with Crippen LogP contribution in [0.15, 0.2) is 36.2 Å². The third-order valence-corrected chi connectivity index (χ3v) is 4.42. The zero-order chi connectivity index (χ0) is 19.0. The molecule has 1 atom stereocenters. The molecule has 1 heterocycles. The van der Waals surface area contributed by atoms with Gasteiger partial charge in [0.1, 0.15) is 0 Å². The molecule has 25 heavy (non-hydrogen) atoms. The molecular weight excluding hydrogens is 314 g/mol. The normalized spacial score (nSPS) is 19.2. The van der Waals surface area contributed by atoms with Crippen LogP contribution in [0, 0.1) is 0 Å². The number of piperazine rings is 1. The van der Waals surface area contributed by atoms with Crippen molar-refractivity contribution in [2.24, 2.45) is 0 Å². The number of carbonyl (C=O) groups is 2. The number of ketones is 1. The fourth-order valence-electron chi connectivity index (χ4n) is 2.91. The quantitative estimate of drug-likeness (QED) is 0.633. The summed E-state index contributed by atoms with van der Waals surface area (Å²) >= 11 is 0. The van der Waals surface area contributed by atoms with Crippen molar-refractivity contribution in [1.29, 1.82) is 0 Å². The van der Waals surface area contributed by atoms with E-state index in [1.54, 1.807) is 17.9 Å². The Kier molecular flexibility index (Phi) is 8.62. The Balaban J connectivity index is 2.79. The summed E-state index contributed by atoms with van der Waals surface area (Å²) in [5.41, 5.74) is 1.50. The second-order valence-corrected chi connectivity index (χ2v) is 6.70. The van der Waals surface area contributed by atoms with Crippen LogP contribution in [-0.2, 0) is 9.59 Å². The molecule has 140 valence electrons. The van der Waals surface area contributed by atoms with Gasteiger partial charge in [0, 0.05) is 37.8 Å². The number of hydrogen-bond donors (Lipinski definition) is 0. The van der Waals surface area contributed by atoms with Crippen molar-refractivity contribution < 1.29 is 9.59 Å². The van der Waals surface area contributed by atoms with Crippen molar-refractivity contribution in [3.63, 3.8) is 0 Å². The van der Waals surface area contributed by atoms with Crippen LogP contribution in [0.3, 0.4) is 0 Å². The minimum atomic E-state index is -0.000865. The molecule has 1 aliphatic rings. The number of allylic oxidation sites excluding steroid dienone is 2. The summed E-state index contributed by atoms with van der Waals surface area (Å²) in [4.78, 5) is 30.4. The van der Waals surface area contributed by atoms with E-state index in [0.29, 0.717) is 18.8 Å². The average molecular weight is 348 g/mol. The van der Waals surface area contributed by atoms with Crippen molar-refractivity contribution in [2.75, 3.05) is 33.2 Å². The van der Waals surface area contributed by atoms with E-state index in [9.17, 15) is 9.59 Å². The van der Waals surface area contributed by atoms with Crippen LogP contribution in [0.2, 0.25) is 0 Å². The number of carbonyl (C=O) groups excluding carboxylic acids is 2. The number of likely N-dealkylation sites (N-methyl/N-ethyl adjacent to an activating group) is 1. The molecule has 1 rings (SSSR count). The number of unbranched alkanes of at least 4 members (excludes halogenated alkanes) is 1. The molecule has 1 saturated heterocycles. The Morgan fingerprint density at radius 3 is 2.56 bits per heavy atom. The molecule has 0 bridgehead atoms. The van der Waals surface area contributed by atoms with E-state index >= 15 is 0 Å². The lowest BCUT2D eigenvalue weighted by Crippen LogP contribution is -2.51. The first kappa shape index (κ1) is 21.2. The summed E-state index contributed by atoms with van der Waals surface area (Å²) < 4.78 is 0. The van der Waals surface area contributed by atoms with Crippen molar-refractivity contribution in [3.8, 4) is 0 Å². The third-order valence-electron chi connectivity index (χ3n) is 4.42. The Morgan fingerprint density at radius 2 is 2.04 bits per heavy atom. The number of amides is 1. The van der Waals surface area contributed by atoms with Crippen molar-refractivity contribution in [3.05, 3.63) is 36.2 Å². The standard InChI is InChI=1S/C20H33N3O2/c1-7-9-11-19(18(5)24)23-16(3)14-22(15-17(23)4)20(25)12-10-13-21(6)8-2/h10-12,17H,3,7-9,13-15H2,1-2,4-6H3/b12-10+,19-11-. The third kappa shape index (κ3) is 6.16. The van der Waals surface area contributed by atoms with Gasteiger partial charge in [0.2, 0.25) is 5.91 Å². The first-order valence-corrected chi connectivity index (χ1v) is 9.13. The second-order valence-electron chi connectivity index (χ2n) is 6.70. The lowest BCUT2D eigenvalue weighted by atomic mass is 10.1. The fourth-order valence-corrected chi connectivity index (χ4v) is 2.91. The molecule has 1 amide bonds. The number of rotatable bonds is 8. The van der Waals surface area contributed by atoms with E-state index in [-0.39, 0.29) is 17.7 Å². The Bertz CT molecular complexity index is 551. The molecule has 0 aromatic rings. The molecule has 0 aliphatic carbocycles. The molecule has 0 N–H and O–H groups in total. The SMILES string of the molecule is C=C1CN(C(=O)/C=C/CN(C)CC)CC(C)N1/C(=C\CCC)C(C)=O. The highest BCUT2D eigenvalue weighted by atomic mass is 16.2. The highest BCUT2D eigenvalue weighted by molar-refractivity contribution is 5.93. The lowest BCUT2D eigenvalue weighted by molar-refractivity contribution is -0.127. The molecule has 5 heteroatoms. The molecule has 0 aromatic carbocycles. The maximum atomic E-state index is 12.4. The van der Waals surface area contributed by atoms with Gasteiger partial charge >= 0.3 is 0 Å². The average Bonchev–Trinajstić information content (AvgIpc) is 2.56. The van der Waals surface area contributed by atoms with Crippen LogP contribution in [0.5, 0.6) is 0 Å². The van der Waals surface area contributed by atoms with E-state index in [2.05, 4.69) is 25.3 Å². The Labute approximate surface area is 152 Å². The second kappa shape index (κ2) is 10.2. The van der Waals surface area contributed by atoms with Crippen molar-refractivity contribution in [2.45, 2.75) is 46.6 Å². The van der Waals surface area contributed by atoms with Gasteiger partial charge in [-0.25, -0.2) is 0 Å². The van der Waals surface area contributed by atoms with Crippen LogP contribution in [0.1, 0.15) is 40.5 Å². The Hall–Kier alpha value is -1.88. The smallest absolute Gasteiger partial charge is 0.246 e. The van der Waals surface area contributed by atoms with Gasteiger partial charge < -0.3 is 14.7 Å². The van der Waals surface area contributed by atoms with Gasteiger partial charge in [-0.15, -0.1) is 0 Å².